The molecule has 0 atom stereocenters. The summed E-state index contributed by atoms with van der Waals surface area (Å²) >= 11 is 1.26. The topological polar surface area (TPSA) is 124 Å². The molecular weight excluding hydrogens is 442 g/mol. The first-order valence-corrected chi connectivity index (χ1v) is 12.0. The Morgan fingerprint density at radius 3 is 2.55 bits per heavy atom. The highest BCUT2D eigenvalue weighted by molar-refractivity contribution is 7.99. The summed E-state index contributed by atoms with van der Waals surface area (Å²) in [5.41, 5.74) is 1.85. The number of carbonyl (C=O) groups is 1. The molecular formula is C19H19N5O5S2. The van der Waals surface area contributed by atoms with Crippen LogP contribution in [0.4, 0.5) is 11.4 Å². The molecule has 0 unspecified atom stereocenters. The SMILES string of the molecule is Cn1c(SCC(=O)Nc2ccc3c(c2)OCO3)nnc1-c1ccc(NS(C)(=O)=O)cc1. The second-order valence-electron chi connectivity index (χ2n) is 6.72. The lowest BCUT2D eigenvalue weighted by molar-refractivity contribution is -0.113. The monoisotopic (exact) mass is 461 g/mol. The number of nitrogens with zero attached hydrogens (tertiary/aromatic N) is 3. The van der Waals surface area contributed by atoms with Gasteiger partial charge in [0.05, 0.1) is 12.0 Å². The Balaban J connectivity index is 1.37. The van der Waals surface area contributed by atoms with Gasteiger partial charge in [0, 0.05) is 30.1 Å². The number of amides is 1. The third-order valence-corrected chi connectivity index (χ3v) is 5.90. The Labute approximate surface area is 183 Å². The fourth-order valence-corrected chi connectivity index (χ4v) is 4.17. The molecule has 162 valence electrons. The van der Waals surface area contributed by atoms with E-state index in [1.165, 1.54) is 11.8 Å². The van der Waals surface area contributed by atoms with E-state index in [1.807, 2.05) is 0 Å². The van der Waals surface area contributed by atoms with Crippen LogP contribution in [-0.4, -0.2) is 47.9 Å². The smallest absolute Gasteiger partial charge is 0.234 e. The molecule has 0 bridgehead atoms. The minimum atomic E-state index is -3.34. The van der Waals surface area contributed by atoms with E-state index in [1.54, 1.807) is 54.1 Å². The molecule has 10 nitrogen and oxygen atoms in total. The number of rotatable bonds is 7. The van der Waals surface area contributed by atoms with Crippen LogP contribution in [0.5, 0.6) is 11.5 Å². The quantitative estimate of drug-likeness (QED) is 0.514. The number of ether oxygens (including phenoxy) is 2. The van der Waals surface area contributed by atoms with Crippen molar-refractivity contribution in [3.63, 3.8) is 0 Å². The molecule has 1 amide bonds. The third kappa shape index (κ3) is 5.09. The van der Waals surface area contributed by atoms with Crippen LogP contribution in [0.1, 0.15) is 0 Å². The highest BCUT2D eigenvalue weighted by Crippen LogP contribution is 2.34. The van der Waals surface area contributed by atoms with Gasteiger partial charge in [-0.05, 0) is 36.4 Å². The van der Waals surface area contributed by atoms with Gasteiger partial charge in [-0.2, -0.15) is 0 Å². The minimum absolute atomic E-state index is 0.150. The van der Waals surface area contributed by atoms with Crippen LogP contribution in [0.25, 0.3) is 11.4 Å². The van der Waals surface area contributed by atoms with E-state index in [-0.39, 0.29) is 18.5 Å². The predicted molar refractivity (Wildman–Crippen MR) is 117 cm³/mol. The van der Waals surface area contributed by atoms with Crippen molar-refractivity contribution in [2.45, 2.75) is 5.16 Å². The zero-order chi connectivity index (χ0) is 22.0. The van der Waals surface area contributed by atoms with E-state index >= 15 is 0 Å². The highest BCUT2D eigenvalue weighted by atomic mass is 32.2. The van der Waals surface area contributed by atoms with Crippen LogP contribution < -0.4 is 19.5 Å². The van der Waals surface area contributed by atoms with Crippen LogP contribution in [0.3, 0.4) is 0 Å². The number of nitrogens with one attached hydrogen (secondary N) is 2. The van der Waals surface area contributed by atoms with Crippen LogP contribution >= 0.6 is 11.8 Å². The van der Waals surface area contributed by atoms with E-state index < -0.39 is 10.0 Å². The van der Waals surface area contributed by atoms with Crippen molar-refractivity contribution >= 4 is 39.1 Å². The van der Waals surface area contributed by atoms with Gasteiger partial charge in [0.2, 0.25) is 22.7 Å². The Kier molecular flexibility index (Phi) is 5.74. The number of thioether (sulfide) groups is 1. The summed E-state index contributed by atoms with van der Waals surface area (Å²) in [5.74, 6) is 1.81. The van der Waals surface area contributed by atoms with Crippen molar-refractivity contribution in [3.8, 4) is 22.9 Å². The second kappa shape index (κ2) is 8.47. The number of carbonyl (C=O) groups excluding carboxylic acids is 1. The lowest BCUT2D eigenvalue weighted by Crippen LogP contribution is -2.14. The highest BCUT2D eigenvalue weighted by Gasteiger charge is 2.16. The maximum Gasteiger partial charge on any atom is 0.234 e. The average Bonchev–Trinajstić information content (AvgIpc) is 3.32. The molecule has 1 aliphatic rings. The van der Waals surface area contributed by atoms with E-state index in [4.69, 9.17) is 9.47 Å². The molecule has 4 rings (SSSR count). The molecule has 0 fully saturated rings. The summed E-state index contributed by atoms with van der Waals surface area (Å²) in [5, 5.41) is 11.7. The fraction of sp³-hybridized carbons (Fsp3) is 0.211. The van der Waals surface area contributed by atoms with E-state index in [9.17, 15) is 13.2 Å². The summed E-state index contributed by atoms with van der Waals surface area (Å²) in [7, 11) is -1.54. The van der Waals surface area contributed by atoms with Crippen LogP contribution in [0, 0.1) is 0 Å². The number of fused-ring (bicyclic) bond motifs is 1. The van der Waals surface area contributed by atoms with Crippen molar-refractivity contribution in [3.05, 3.63) is 42.5 Å². The van der Waals surface area contributed by atoms with Gasteiger partial charge < -0.3 is 19.4 Å². The first kappa shape index (κ1) is 21.0. The number of aromatic nitrogens is 3. The number of anilines is 2. The van der Waals surface area contributed by atoms with Crippen LogP contribution in [0.2, 0.25) is 0 Å². The lowest BCUT2D eigenvalue weighted by Gasteiger charge is -2.07. The van der Waals surface area contributed by atoms with Gasteiger partial charge in [0.15, 0.2) is 22.5 Å². The Morgan fingerprint density at radius 2 is 1.81 bits per heavy atom. The molecule has 1 aromatic heterocycles. The van der Waals surface area contributed by atoms with Crippen LogP contribution in [0.15, 0.2) is 47.6 Å². The summed E-state index contributed by atoms with van der Waals surface area (Å²) < 4.78 is 37.4. The summed E-state index contributed by atoms with van der Waals surface area (Å²) in [6.07, 6.45) is 1.09. The number of sulfonamides is 1. The molecule has 31 heavy (non-hydrogen) atoms. The van der Waals surface area contributed by atoms with Crippen molar-refractivity contribution in [2.24, 2.45) is 7.05 Å². The first-order chi connectivity index (χ1) is 14.8. The Bertz CT molecular complexity index is 1220. The predicted octanol–water partition coefficient (Wildman–Crippen LogP) is 2.31. The molecule has 0 saturated heterocycles. The minimum Gasteiger partial charge on any atom is -0.454 e. The molecule has 0 radical (unpaired) electrons. The van der Waals surface area contributed by atoms with Gasteiger partial charge >= 0.3 is 0 Å². The number of hydrogen-bond acceptors (Lipinski definition) is 8. The van der Waals surface area contributed by atoms with E-state index in [0.29, 0.717) is 33.9 Å². The molecule has 2 N–H and O–H groups in total. The van der Waals surface area contributed by atoms with Gasteiger partial charge in [-0.1, -0.05) is 11.8 Å². The molecule has 0 saturated carbocycles. The molecule has 0 spiro atoms. The number of benzene rings is 2. The number of hydrogen-bond donors (Lipinski definition) is 2. The van der Waals surface area contributed by atoms with E-state index in [2.05, 4.69) is 20.2 Å². The molecule has 2 heterocycles. The third-order valence-electron chi connectivity index (χ3n) is 4.27. The average molecular weight is 462 g/mol. The van der Waals surface area contributed by atoms with Crippen molar-refractivity contribution in [1.82, 2.24) is 14.8 Å². The molecule has 0 aliphatic carbocycles. The van der Waals surface area contributed by atoms with Gasteiger partial charge in [-0.15, -0.1) is 10.2 Å². The van der Waals surface area contributed by atoms with Crippen LogP contribution in [-0.2, 0) is 21.9 Å². The molecule has 1 aliphatic heterocycles. The first-order valence-electron chi connectivity index (χ1n) is 9.08. The largest absolute Gasteiger partial charge is 0.454 e. The second-order valence-corrected chi connectivity index (χ2v) is 9.41. The van der Waals surface area contributed by atoms with E-state index in [0.717, 1.165) is 11.8 Å². The zero-order valence-corrected chi connectivity index (χ0v) is 18.3. The van der Waals surface area contributed by atoms with Gasteiger partial charge in [-0.25, -0.2) is 8.42 Å². The molecule has 2 aromatic carbocycles. The summed E-state index contributed by atoms with van der Waals surface area (Å²) in [4.78, 5) is 12.3. The van der Waals surface area contributed by atoms with Gasteiger partial charge in [0.25, 0.3) is 0 Å². The Hall–Kier alpha value is -3.25. The fourth-order valence-electron chi connectivity index (χ4n) is 2.89. The van der Waals surface area contributed by atoms with Gasteiger partial charge in [-0.3, -0.25) is 9.52 Å². The molecule has 12 heteroatoms. The van der Waals surface area contributed by atoms with Crippen molar-refractivity contribution in [1.29, 1.82) is 0 Å². The maximum atomic E-state index is 12.3. The van der Waals surface area contributed by atoms with Crippen molar-refractivity contribution in [2.75, 3.05) is 28.8 Å². The summed E-state index contributed by atoms with van der Waals surface area (Å²) in [6.45, 7) is 0.175. The summed E-state index contributed by atoms with van der Waals surface area (Å²) in [6, 6.07) is 12.0. The standard InChI is InChI=1S/C19H19N5O5S2/c1-24-18(12-3-5-13(6-4-12)23-31(2,26)27)21-22-19(24)30-10-17(25)20-14-7-8-15-16(9-14)29-11-28-15/h3-9,23H,10-11H2,1-2H3,(H,20,25). The zero-order valence-electron chi connectivity index (χ0n) is 16.7. The van der Waals surface area contributed by atoms with Gasteiger partial charge in [0.1, 0.15) is 0 Å². The lowest BCUT2D eigenvalue weighted by atomic mass is 10.2. The van der Waals surface area contributed by atoms with Crippen molar-refractivity contribution < 1.29 is 22.7 Å². The normalized spacial score (nSPS) is 12.6. The maximum absolute atomic E-state index is 12.3. The Morgan fingerprint density at radius 1 is 1.10 bits per heavy atom. The molecule has 3 aromatic rings.